The van der Waals surface area contributed by atoms with Gasteiger partial charge in [-0.3, -0.25) is 19.4 Å². The smallest absolute Gasteiger partial charge is 0.195 e. The Morgan fingerprint density at radius 2 is 0.814 bits per heavy atom. The van der Waals surface area contributed by atoms with Gasteiger partial charge in [-0.05, 0) is 197 Å². The summed E-state index contributed by atoms with van der Waals surface area (Å²) in [6.07, 6.45) is 7.81. The summed E-state index contributed by atoms with van der Waals surface area (Å²) in [6, 6.07) is 43.6. The van der Waals surface area contributed by atoms with Gasteiger partial charge in [-0.25, -0.2) is 0 Å². The third-order valence-corrected chi connectivity index (χ3v) is 15.7. The van der Waals surface area contributed by atoms with E-state index in [0.29, 0.717) is 24.3 Å². The van der Waals surface area contributed by atoms with E-state index in [1.54, 1.807) is 36.9 Å². The Morgan fingerprint density at radius 1 is 0.457 bits per heavy atom. The van der Waals surface area contributed by atoms with E-state index in [-0.39, 0.29) is 11.6 Å². The molecule has 0 amide bonds. The average molecular weight is 971 g/mol. The molecule has 70 heavy (non-hydrogen) atoms. The number of likely N-dealkylation sites (tertiary alicyclic amines) is 2. The van der Waals surface area contributed by atoms with Gasteiger partial charge in [-0.2, -0.15) is 0 Å². The van der Waals surface area contributed by atoms with Gasteiger partial charge in [0, 0.05) is 65.3 Å². The number of carbonyl (C=O) groups is 2. The van der Waals surface area contributed by atoms with E-state index in [9.17, 15) is 9.59 Å². The van der Waals surface area contributed by atoms with Crippen molar-refractivity contribution in [3.8, 4) is 43.9 Å². The predicted molar refractivity (Wildman–Crippen MR) is 288 cm³/mol. The van der Waals surface area contributed by atoms with Crippen LogP contribution in [-0.4, -0.2) is 88.1 Å². The summed E-state index contributed by atoms with van der Waals surface area (Å²) in [7, 11) is 3.32. The Kier molecular flexibility index (Phi) is 16.1. The molecule has 0 saturated carbocycles. The second-order valence-electron chi connectivity index (χ2n) is 18.3. The maximum Gasteiger partial charge on any atom is 0.195 e. The summed E-state index contributed by atoms with van der Waals surface area (Å²) in [5.74, 6) is 3.28. The largest absolute Gasteiger partial charge is 0.497 e. The molecule has 2 aromatic heterocycles. The number of fused-ring (bicyclic) bond motifs is 2. The van der Waals surface area contributed by atoms with Crippen LogP contribution in [0.5, 0.6) is 23.0 Å². The van der Waals surface area contributed by atoms with Crippen molar-refractivity contribution in [1.29, 1.82) is 0 Å². The number of ether oxygens (including phenoxy) is 4. The Balaban J connectivity index is 0.000000174. The maximum absolute atomic E-state index is 13.8. The number of rotatable bonds is 16. The minimum Gasteiger partial charge on any atom is -0.497 e. The van der Waals surface area contributed by atoms with Crippen molar-refractivity contribution in [2.24, 2.45) is 0 Å². The van der Waals surface area contributed by atoms with Crippen LogP contribution in [0.25, 0.3) is 41.1 Å². The first-order valence-corrected chi connectivity index (χ1v) is 26.2. The van der Waals surface area contributed by atoms with Gasteiger partial charge >= 0.3 is 0 Å². The summed E-state index contributed by atoms with van der Waals surface area (Å²) in [6.45, 7) is 12.1. The molecule has 0 N–H and O–H groups in total. The van der Waals surface area contributed by atoms with Crippen molar-refractivity contribution >= 4 is 54.4 Å². The van der Waals surface area contributed by atoms with E-state index < -0.39 is 0 Å². The van der Waals surface area contributed by atoms with Crippen LogP contribution in [0.15, 0.2) is 133 Å². The SMILES string of the molecule is COc1ccc(-c2sc3cc(C)ccc3c2C(=O)c2ccc(OCCN3CCCCC3)cc2)cc1.COc1ccc(-c2sc3cc(C)ccc3c2C(=O)c2ccc(OCCN3CCCCC3)cc2)cc1. The predicted octanol–water partition coefficient (Wildman–Crippen LogP) is 14.0. The fraction of sp³-hybridized carbons (Fsp3) is 0.300. The van der Waals surface area contributed by atoms with Gasteiger partial charge in [0.25, 0.3) is 0 Å². The normalized spacial score (nSPS) is 14.2. The molecule has 2 saturated heterocycles. The quantitative estimate of drug-likeness (QED) is 0.0887. The van der Waals surface area contributed by atoms with Crippen molar-refractivity contribution in [3.63, 3.8) is 0 Å². The zero-order chi connectivity index (χ0) is 48.4. The van der Waals surface area contributed by atoms with Gasteiger partial charge in [-0.15, -0.1) is 22.7 Å². The Morgan fingerprint density at radius 3 is 1.17 bits per heavy atom. The number of aryl methyl sites for hydroxylation is 2. The van der Waals surface area contributed by atoms with Gasteiger partial charge < -0.3 is 18.9 Å². The molecule has 4 heterocycles. The van der Waals surface area contributed by atoms with Crippen LogP contribution in [0.1, 0.15) is 81.5 Å². The molecule has 0 unspecified atom stereocenters. The highest BCUT2D eigenvalue weighted by molar-refractivity contribution is 7.23. The first-order chi connectivity index (χ1) is 34.2. The number of hydrogen-bond donors (Lipinski definition) is 0. The summed E-state index contributed by atoms with van der Waals surface area (Å²) in [4.78, 5) is 34.5. The van der Waals surface area contributed by atoms with Crippen LogP contribution in [0.2, 0.25) is 0 Å². The number of thiophene rings is 2. The minimum absolute atomic E-state index is 0.0331. The molecule has 2 fully saturated rings. The highest BCUT2D eigenvalue weighted by atomic mass is 32.1. The van der Waals surface area contributed by atoms with Gasteiger partial charge in [0.15, 0.2) is 11.6 Å². The van der Waals surface area contributed by atoms with Crippen LogP contribution >= 0.6 is 22.7 Å². The molecule has 2 aliphatic heterocycles. The molecule has 0 spiro atoms. The molecule has 360 valence electrons. The lowest BCUT2D eigenvalue weighted by Gasteiger charge is -2.26. The van der Waals surface area contributed by atoms with E-state index in [4.69, 9.17) is 18.9 Å². The summed E-state index contributed by atoms with van der Waals surface area (Å²) in [5.41, 5.74) is 7.27. The molecule has 10 rings (SSSR count). The van der Waals surface area contributed by atoms with Crippen molar-refractivity contribution in [2.75, 3.05) is 66.7 Å². The van der Waals surface area contributed by atoms with Gasteiger partial charge in [0.05, 0.1) is 14.2 Å². The van der Waals surface area contributed by atoms with E-state index in [0.717, 1.165) is 88.3 Å². The Labute approximate surface area is 420 Å². The molecule has 2 aliphatic rings. The van der Waals surface area contributed by atoms with Crippen molar-refractivity contribution in [2.45, 2.75) is 52.4 Å². The number of methoxy groups -OCH3 is 2. The highest BCUT2D eigenvalue weighted by Gasteiger charge is 2.24. The van der Waals surface area contributed by atoms with E-state index in [2.05, 4.69) is 60.0 Å². The van der Waals surface area contributed by atoms with Crippen LogP contribution < -0.4 is 18.9 Å². The summed E-state index contributed by atoms with van der Waals surface area (Å²) >= 11 is 3.33. The number of ketones is 2. The van der Waals surface area contributed by atoms with Crippen LogP contribution in [0.4, 0.5) is 0 Å². The highest BCUT2D eigenvalue weighted by Crippen LogP contribution is 2.42. The average Bonchev–Trinajstić information content (AvgIpc) is 3.98. The van der Waals surface area contributed by atoms with Crippen molar-refractivity contribution in [3.05, 3.63) is 167 Å². The fourth-order valence-corrected chi connectivity index (χ4v) is 12.0. The Hall–Kier alpha value is -6.30. The molecule has 8 nitrogen and oxygen atoms in total. The van der Waals surface area contributed by atoms with Gasteiger partial charge in [-0.1, -0.05) is 37.1 Å². The molecule has 6 aromatic carbocycles. The van der Waals surface area contributed by atoms with E-state index in [1.165, 1.54) is 75.8 Å². The molecule has 8 aromatic rings. The third-order valence-electron chi connectivity index (χ3n) is 13.3. The lowest BCUT2D eigenvalue weighted by Crippen LogP contribution is -2.33. The third kappa shape index (κ3) is 11.6. The molecule has 0 atom stereocenters. The summed E-state index contributed by atoms with van der Waals surface area (Å²) < 4.78 is 24.8. The number of hydrogen-bond acceptors (Lipinski definition) is 10. The maximum atomic E-state index is 13.8. The summed E-state index contributed by atoms with van der Waals surface area (Å²) in [5, 5.41) is 2.00. The second kappa shape index (κ2) is 23.1. The number of nitrogens with zero attached hydrogens (tertiary/aromatic N) is 2. The second-order valence-corrected chi connectivity index (χ2v) is 20.4. The van der Waals surface area contributed by atoms with Crippen molar-refractivity contribution in [1.82, 2.24) is 9.80 Å². The molecular formula is C60H62N2O6S2. The first-order valence-electron chi connectivity index (χ1n) is 24.6. The fourth-order valence-electron chi connectivity index (χ4n) is 9.39. The topological polar surface area (TPSA) is 77.5 Å². The molecular weight excluding hydrogens is 909 g/mol. The zero-order valence-corrected chi connectivity index (χ0v) is 42.4. The Bertz CT molecular complexity index is 2810. The zero-order valence-electron chi connectivity index (χ0n) is 40.8. The van der Waals surface area contributed by atoms with Crippen LogP contribution in [-0.2, 0) is 0 Å². The van der Waals surface area contributed by atoms with Gasteiger partial charge in [0.2, 0.25) is 0 Å². The minimum atomic E-state index is 0.0331. The lowest BCUT2D eigenvalue weighted by molar-refractivity contribution is 0.103. The van der Waals surface area contributed by atoms with Crippen LogP contribution in [0, 0.1) is 13.8 Å². The number of piperidine rings is 2. The first kappa shape index (κ1) is 48.7. The molecule has 0 aliphatic carbocycles. The molecule has 0 radical (unpaired) electrons. The van der Waals surface area contributed by atoms with Crippen LogP contribution in [0.3, 0.4) is 0 Å². The van der Waals surface area contributed by atoms with E-state index >= 15 is 0 Å². The standard InChI is InChI=1S/2C30H31NO3S/c2*1-21-6-15-26-27(20-21)35-30(23-9-11-24(33-2)12-10-23)28(26)29(32)22-7-13-25(14-8-22)34-19-18-31-16-4-3-5-17-31/h2*6-15,20H,3-5,16-19H2,1-2H3. The number of carbonyl (C=O) groups excluding carboxylic acids is 2. The van der Waals surface area contributed by atoms with Gasteiger partial charge in [0.1, 0.15) is 36.2 Å². The van der Waals surface area contributed by atoms with E-state index in [1.807, 2.05) is 97.1 Å². The monoisotopic (exact) mass is 970 g/mol. The number of benzene rings is 6. The molecule has 10 heteroatoms. The molecule has 0 bridgehead atoms. The van der Waals surface area contributed by atoms with Crippen molar-refractivity contribution < 1.29 is 28.5 Å². The lowest BCUT2D eigenvalue weighted by atomic mass is 9.97.